The van der Waals surface area contributed by atoms with Crippen molar-refractivity contribution in [3.63, 3.8) is 0 Å². The number of amides is 3. The van der Waals surface area contributed by atoms with Gasteiger partial charge in [-0.2, -0.15) is 5.10 Å². The Bertz CT molecular complexity index is 1140. The molecule has 37 heavy (non-hydrogen) atoms. The second kappa shape index (κ2) is 12.2. The van der Waals surface area contributed by atoms with Crippen molar-refractivity contribution in [2.75, 3.05) is 45.9 Å². The molecule has 2 aromatic rings. The first-order chi connectivity index (χ1) is 17.8. The summed E-state index contributed by atoms with van der Waals surface area (Å²) >= 11 is 0. The summed E-state index contributed by atoms with van der Waals surface area (Å²) in [4.78, 5) is 30.2. The third-order valence-electron chi connectivity index (χ3n) is 6.43. The third kappa shape index (κ3) is 6.69. The number of halogens is 2. The normalized spacial score (nSPS) is 18.1. The van der Waals surface area contributed by atoms with Crippen LogP contribution in [-0.2, 0) is 9.53 Å². The molecular weight excluding hydrogens is 480 g/mol. The molecule has 0 aliphatic carbocycles. The molecule has 0 aromatic heterocycles. The first-order valence-corrected chi connectivity index (χ1v) is 12.6. The summed E-state index contributed by atoms with van der Waals surface area (Å²) in [6.07, 6.45) is 0.152. The fraction of sp³-hybridized carbons (Fsp3) is 0.444. The number of hydrogen-bond donors (Lipinski definition) is 1. The van der Waals surface area contributed by atoms with E-state index in [0.29, 0.717) is 32.0 Å². The van der Waals surface area contributed by atoms with E-state index in [0.717, 1.165) is 13.1 Å². The molecule has 0 unspecified atom stereocenters. The molecule has 0 radical (unpaired) electrons. The van der Waals surface area contributed by atoms with Gasteiger partial charge in [0, 0.05) is 49.8 Å². The van der Waals surface area contributed by atoms with Gasteiger partial charge >= 0.3 is 6.03 Å². The summed E-state index contributed by atoms with van der Waals surface area (Å²) in [7, 11) is 0. The predicted octanol–water partition coefficient (Wildman–Crippen LogP) is 3.39. The SMILES string of the molecule is CC(C)NC(=O)N(CCN1CCOCC1)CC(=O)N1N=C(c2ccccc2F)C[C@H]1c1ccccc1F. The monoisotopic (exact) mass is 513 g/mol. The Labute approximate surface area is 215 Å². The number of hydrazone groups is 1. The number of hydrogen-bond acceptors (Lipinski definition) is 5. The number of nitrogens with one attached hydrogen (secondary N) is 1. The molecule has 2 aliphatic rings. The van der Waals surface area contributed by atoms with Crippen LogP contribution in [0.1, 0.15) is 37.4 Å². The number of urea groups is 1. The first-order valence-electron chi connectivity index (χ1n) is 12.6. The lowest BCUT2D eigenvalue weighted by molar-refractivity contribution is -0.133. The Balaban J connectivity index is 1.58. The van der Waals surface area contributed by atoms with E-state index in [1.807, 2.05) is 13.8 Å². The zero-order valence-corrected chi connectivity index (χ0v) is 21.2. The highest BCUT2D eigenvalue weighted by Gasteiger charge is 2.36. The number of carbonyl (C=O) groups is 2. The van der Waals surface area contributed by atoms with Crippen molar-refractivity contribution >= 4 is 17.6 Å². The van der Waals surface area contributed by atoms with Crippen LogP contribution in [-0.4, -0.2) is 84.4 Å². The number of benzene rings is 2. The summed E-state index contributed by atoms with van der Waals surface area (Å²) in [5.74, 6) is -1.41. The second-order valence-corrected chi connectivity index (χ2v) is 9.49. The topological polar surface area (TPSA) is 77.5 Å². The van der Waals surface area contributed by atoms with Gasteiger partial charge in [0.25, 0.3) is 5.91 Å². The highest BCUT2D eigenvalue weighted by atomic mass is 19.1. The molecular formula is C27H33F2N5O3. The van der Waals surface area contributed by atoms with Crippen molar-refractivity contribution in [2.45, 2.75) is 32.4 Å². The van der Waals surface area contributed by atoms with E-state index in [1.54, 1.807) is 36.4 Å². The number of rotatable bonds is 8. The fourth-order valence-corrected chi connectivity index (χ4v) is 4.50. The van der Waals surface area contributed by atoms with Crippen LogP contribution >= 0.6 is 0 Å². The van der Waals surface area contributed by atoms with Crippen molar-refractivity contribution in [2.24, 2.45) is 5.10 Å². The Morgan fingerprint density at radius 1 is 1.08 bits per heavy atom. The Morgan fingerprint density at radius 3 is 2.43 bits per heavy atom. The molecule has 3 amide bonds. The lowest BCUT2D eigenvalue weighted by atomic mass is 9.97. The molecule has 0 spiro atoms. The van der Waals surface area contributed by atoms with Crippen LogP contribution in [0.3, 0.4) is 0 Å². The Kier molecular flexibility index (Phi) is 8.83. The third-order valence-corrected chi connectivity index (χ3v) is 6.43. The minimum absolute atomic E-state index is 0.114. The van der Waals surface area contributed by atoms with E-state index >= 15 is 0 Å². The molecule has 2 aromatic carbocycles. The van der Waals surface area contributed by atoms with Gasteiger partial charge < -0.3 is 15.0 Å². The van der Waals surface area contributed by atoms with Gasteiger partial charge in [-0.05, 0) is 26.0 Å². The van der Waals surface area contributed by atoms with E-state index in [2.05, 4.69) is 15.3 Å². The van der Waals surface area contributed by atoms with E-state index in [9.17, 15) is 18.4 Å². The highest BCUT2D eigenvalue weighted by Crippen LogP contribution is 2.34. The maximum atomic E-state index is 14.8. The van der Waals surface area contributed by atoms with Crippen LogP contribution < -0.4 is 5.32 Å². The molecule has 2 heterocycles. The van der Waals surface area contributed by atoms with Crippen molar-refractivity contribution < 1.29 is 23.1 Å². The molecule has 1 atom stereocenters. The molecule has 2 aliphatic heterocycles. The molecule has 1 saturated heterocycles. The number of morpholine rings is 1. The summed E-state index contributed by atoms with van der Waals surface area (Å²) in [5.41, 5.74) is 0.907. The molecule has 8 nitrogen and oxygen atoms in total. The highest BCUT2D eigenvalue weighted by molar-refractivity contribution is 6.03. The van der Waals surface area contributed by atoms with E-state index in [1.165, 1.54) is 22.0 Å². The Hall–Kier alpha value is -3.37. The molecule has 0 saturated carbocycles. The van der Waals surface area contributed by atoms with Crippen LogP contribution in [0.5, 0.6) is 0 Å². The summed E-state index contributed by atoms with van der Waals surface area (Å²) in [6.45, 7) is 7.12. The van der Waals surface area contributed by atoms with Crippen LogP contribution in [0, 0.1) is 11.6 Å². The molecule has 0 bridgehead atoms. The Morgan fingerprint density at radius 2 is 1.76 bits per heavy atom. The van der Waals surface area contributed by atoms with Crippen LogP contribution in [0.4, 0.5) is 13.6 Å². The predicted molar refractivity (Wildman–Crippen MR) is 136 cm³/mol. The van der Waals surface area contributed by atoms with Gasteiger partial charge in [-0.25, -0.2) is 18.6 Å². The second-order valence-electron chi connectivity index (χ2n) is 9.49. The van der Waals surface area contributed by atoms with Crippen LogP contribution in [0.25, 0.3) is 0 Å². The number of nitrogens with zero attached hydrogens (tertiary/aromatic N) is 4. The zero-order valence-electron chi connectivity index (χ0n) is 21.2. The quantitative estimate of drug-likeness (QED) is 0.587. The van der Waals surface area contributed by atoms with Crippen LogP contribution in [0.15, 0.2) is 53.6 Å². The van der Waals surface area contributed by atoms with E-state index in [-0.39, 0.29) is 36.2 Å². The fourth-order valence-electron chi connectivity index (χ4n) is 4.50. The molecule has 10 heteroatoms. The summed E-state index contributed by atoms with van der Waals surface area (Å²) in [6, 6.07) is 11.1. The molecule has 1 N–H and O–H groups in total. The van der Waals surface area contributed by atoms with Gasteiger partial charge in [0.2, 0.25) is 0 Å². The molecule has 1 fully saturated rings. The molecule has 198 valence electrons. The smallest absolute Gasteiger partial charge is 0.318 e. The lowest BCUT2D eigenvalue weighted by Crippen LogP contribution is -2.50. The van der Waals surface area contributed by atoms with Crippen LogP contribution in [0.2, 0.25) is 0 Å². The summed E-state index contributed by atoms with van der Waals surface area (Å²) < 4.78 is 34.7. The maximum Gasteiger partial charge on any atom is 0.318 e. The number of ether oxygens (including phenoxy) is 1. The molecule has 4 rings (SSSR count). The average molecular weight is 514 g/mol. The van der Waals surface area contributed by atoms with Crippen molar-refractivity contribution in [3.05, 3.63) is 71.3 Å². The first kappa shape index (κ1) is 26.7. The minimum atomic E-state index is -0.752. The number of carbonyl (C=O) groups excluding carboxylic acids is 2. The lowest BCUT2D eigenvalue weighted by Gasteiger charge is -2.31. The van der Waals surface area contributed by atoms with Gasteiger partial charge in [0.05, 0.1) is 25.0 Å². The maximum absolute atomic E-state index is 14.8. The zero-order chi connectivity index (χ0) is 26.4. The van der Waals surface area contributed by atoms with Crippen molar-refractivity contribution in [3.8, 4) is 0 Å². The van der Waals surface area contributed by atoms with Crippen molar-refractivity contribution in [1.29, 1.82) is 0 Å². The van der Waals surface area contributed by atoms with Gasteiger partial charge in [0.1, 0.15) is 18.2 Å². The van der Waals surface area contributed by atoms with Gasteiger partial charge in [0.15, 0.2) is 0 Å². The standard InChI is InChI=1S/C27H33F2N5O3/c1-19(2)30-27(36)33(12-11-32-13-15-37-16-14-32)18-26(35)34-25(21-8-4-6-10-23(21)29)17-24(31-34)20-7-3-5-9-22(20)28/h3-10,19,25H,11-18H2,1-2H3,(H,30,36)/t25-/m0/s1. The van der Waals surface area contributed by atoms with E-state index in [4.69, 9.17) is 4.74 Å². The average Bonchev–Trinajstić information content (AvgIpc) is 3.32. The van der Waals surface area contributed by atoms with Gasteiger partial charge in [-0.3, -0.25) is 9.69 Å². The summed E-state index contributed by atoms with van der Waals surface area (Å²) in [5, 5.41) is 8.50. The van der Waals surface area contributed by atoms with Gasteiger partial charge in [-0.15, -0.1) is 0 Å². The minimum Gasteiger partial charge on any atom is -0.379 e. The van der Waals surface area contributed by atoms with E-state index < -0.39 is 23.6 Å². The van der Waals surface area contributed by atoms with Crippen molar-refractivity contribution in [1.82, 2.24) is 20.1 Å². The van der Waals surface area contributed by atoms with Gasteiger partial charge in [-0.1, -0.05) is 36.4 Å². The largest absolute Gasteiger partial charge is 0.379 e.